The number of rotatable bonds is 2. The van der Waals surface area contributed by atoms with E-state index in [0.29, 0.717) is 5.69 Å². The van der Waals surface area contributed by atoms with Gasteiger partial charge in [0.05, 0.1) is 28.7 Å². The van der Waals surface area contributed by atoms with E-state index >= 15 is 0 Å². The number of carbonyl (C=O) groups is 1. The molecule has 0 radical (unpaired) electrons. The minimum Gasteiger partial charge on any atom is -0.384 e. The van der Waals surface area contributed by atoms with Gasteiger partial charge in [-0.2, -0.15) is 0 Å². The van der Waals surface area contributed by atoms with E-state index in [2.05, 4.69) is 17.2 Å². The van der Waals surface area contributed by atoms with Crippen LogP contribution in [0.3, 0.4) is 0 Å². The SMILES string of the molecule is O=C(Nc1ccc(F)cc1C#CCO)C1CCS(=O)(=O)C1. The van der Waals surface area contributed by atoms with E-state index in [-0.39, 0.29) is 30.1 Å². The zero-order valence-corrected chi connectivity index (χ0v) is 11.9. The van der Waals surface area contributed by atoms with E-state index in [1.807, 2.05) is 0 Å². The molecule has 1 aliphatic heterocycles. The smallest absolute Gasteiger partial charge is 0.228 e. The van der Waals surface area contributed by atoms with Gasteiger partial charge < -0.3 is 10.4 Å². The number of amides is 1. The van der Waals surface area contributed by atoms with Gasteiger partial charge in [0.2, 0.25) is 5.91 Å². The summed E-state index contributed by atoms with van der Waals surface area (Å²) >= 11 is 0. The zero-order chi connectivity index (χ0) is 15.5. The summed E-state index contributed by atoms with van der Waals surface area (Å²) in [6.45, 7) is -0.384. The van der Waals surface area contributed by atoms with Crippen LogP contribution in [0.15, 0.2) is 18.2 Å². The van der Waals surface area contributed by atoms with Crippen molar-refractivity contribution >= 4 is 21.4 Å². The van der Waals surface area contributed by atoms with E-state index in [1.165, 1.54) is 12.1 Å². The topological polar surface area (TPSA) is 83.5 Å². The normalized spacial score (nSPS) is 19.6. The lowest BCUT2D eigenvalue weighted by atomic mass is 10.1. The minimum atomic E-state index is -3.15. The minimum absolute atomic E-state index is 0.00563. The Morgan fingerprint density at radius 2 is 2.24 bits per heavy atom. The Morgan fingerprint density at radius 3 is 2.86 bits per heavy atom. The molecule has 1 unspecified atom stereocenters. The Bertz CT molecular complexity index is 718. The highest BCUT2D eigenvalue weighted by Crippen LogP contribution is 2.22. The van der Waals surface area contributed by atoms with E-state index in [4.69, 9.17) is 5.11 Å². The van der Waals surface area contributed by atoms with Crippen molar-refractivity contribution in [3.8, 4) is 11.8 Å². The van der Waals surface area contributed by atoms with Crippen molar-refractivity contribution in [2.24, 2.45) is 5.92 Å². The zero-order valence-electron chi connectivity index (χ0n) is 11.1. The van der Waals surface area contributed by atoms with Crippen LogP contribution in [0.2, 0.25) is 0 Å². The van der Waals surface area contributed by atoms with Crippen molar-refractivity contribution in [3.63, 3.8) is 0 Å². The summed E-state index contributed by atoms with van der Waals surface area (Å²) in [5.41, 5.74) is 0.532. The molecule has 0 spiro atoms. The fraction of sp³-hybridized carbons (Fsp3) is 0.357. The molecular weight excluding hydrogens is 297 g/mol. The summed E-state index contributed by atoms with van der Waals surface area (Å²) in [4.78, 5) is 12.0. The van der Waals surface area contributed by atoms with Crippen LogP contribution in [-0.2, 0) is 14.6 Å². The van der Waals surface area contributed by atoms with Crippen molar-refractivity contribution in [2.75, 3.05) is 23.4 Å². The van der Waals surface area contributed by atoms with E-state index in [9.17, 15) is 17.6 Å². The summed E-state index contributed by atoms with van der Waals surface area (Å²) in [5.74, 6) is 3.22. The first-order chi connectivity index (χ1) is 9.91. The van der Waals surface area contributed by atoms with Crippen LogP contribution < -0.4 is 5.32 Å². The monoisotopic (exact) mass is 311 g/mol. The lowest BCUT2D eigenvalue weighted by molar-refractivity contribution is -0.119. The number of halogens is 1. The van der Waals surface area contributed by atoms with E-state index in [0.717, 1.165) is 6.07 Å². The molecule has 0 aromatic heterocycles. The Morgan fingerprint density at radius 1 is 1.48 bits per heavy atom. The average Bonchev–Trinajstić information content (AvgIpc) is 2.79. The van der Waals surface area contributed by atoms with Crippen LogP contribution in [0.5, 0.6) is 0 Å². The van der Waals surface area contributed by atoms with Crippen LogP contribution in [0, 0.1) is 23.6 Å². The first kappa shape index (κ1) is 15.5. The van der Waals surface area contributed by atoms with Gasteiger partial charge in [-0.3, -0.25) is 4.79 Å². The molecule has 0 aliphatic carbocycles. The van der Waals surface area contributed by atoms with Gasteiger partial charge >= 0.3 is 0 Å². The Labute approximate surface area is 122 Å². The third-order valence-corrected chi connectivity index (χ3v) is 4.91. The second-order valence-corrected chi connectivity index (χ2v) is 6.97. The molecule has 1 saturated heterocycles. The third-order valence-electron chi connectivity index (χ3n) is 3.14. The highest BCUT2D eigenvalue weighted by molar-refractivity contribution is 7.91. The van der Waals surface area contributed by atoms with Crippen molar-refractivity contribution in [1.29, 1.82) is 0 Å². The molecule has 1 amide bonds. The summed E-state index contributed by atoms with van der Waals surface area (Å²) in [5, 5.41) is 11.3. The Hall–Kier alpha value is -1.91. The van der Waals surface area contributed by atoms with Crippen LogP contribution >= 0.6 is 0 Å². The first-order valence-corrected chi connectivity index (χ1v) is 8.14. The lowest BCUT2D eigenvalue weighted by Gasteiger charge is -2.11. The molecule has 1 atom stereocenters. The maximum atomic E-state index is 13.2. The predicted molar refractivity (Wildman–Crippen MR) is 75.8 cm³/mol. The first-order valence-electron chi connectivity index (χ1n) is 6.32. The molecule has 1 aliphatic rings. The average molecular weight is 311 g/mol. The van der Waals surface area contributed by atoms with Gasteiger partial charge in [0, 0.05) is 0 Å². The number of nitrogens with one attached hydrogen (secondary N) is 1. The van der Waals surface area contributed by atoms with Gasteiger partial charge in [0.15, 0.2) is 9.84 Å². The summed E-state index contributed by atoms with van der Waals surface area (Å²) in [6, 6.07) is 3.67. The summed E-state index contributed by atoms with van der Waals surface area (Å²) in [6.07, 6.45) is 0.285. The lowest BCUT2D eigenvalue weighted by Crippen LogP contribution is -2.24. The van der Waals surface area contributed by atoms with Crippen LogP contribution in [0.4, 0.5) is 10.1 Å². The standard InChI is InChI=1S/C14H14FNO4S/c15-12-3-4-13(10(8-12)2-1-6-17)16-14(18)11-5-7-21(19,20)9-11/h3-4,8,11,17H,5-7,9H2,(H,16,18). The summed E-state index contributed by atoms with van der Waals surface area (Å²) in [7, 11) is -3.15. The van der Waals surface area contributed by atoms with Gasteiger partial charge in [-0.1, -0.05) is 11.8 Å². The second-order valence-electron chi connectivity index (χ2n) is 4.74. The molecule has 2 rings (SSSR count). The van der Waals surface area contributed by atoms with Gasteiger partial charge in [0.1, 0.15) is 12.4 Å². The van der Waals surface area contributed by atoms with Crippen molar-refractivity contribution in [2.45, 2.75) is 6.42 Å². The third kappa shape index (κ3) is 4.03. The molecule has 1 heterocycles. The highest BCUT2D eigenvalue weighted by Gasteiger charge is 2.33. The molecule has 1 aromatic carbocycles. The van der Waals surface area contributed by atoms with Gasteiger partial charge in [-0.05, 0) is 24.6 Å². The number of hydrogen-bond donors (Lipinski definition) is 2. The molecule has 2 N–H and O–H groups in total. The van der Waals surface area contributed by atoms with Crippen molar-refractivity contribution in [1.82, 2.24) is 0 Å². The van der Waals surface area contributed by atoms with Crippen molar-refractivity contribution < 1.29 is 22.7 Å². The predicted octanol–water partition coefficient (Wildman–Crippen LogP) is 0.543. The van der Waals surface area contributed by atoms with Gasteiger partial charge in [-0.15, -0.1) is 0 Å². The van der Waals surface area contributed by atoms with E-state index < -0.39 is 27.5 Å². The van der Waals surface area contributed by atoms with Crippen LogP contribution in [-0.4, -0.2) is 37.5 Å². The van der Waals surface area contributed by atoms with Crippen molar-refractivity contribution in [3.05, 3.63) is 29.6 Å². The maximum Gasteiger partial charge on any atom is 0.228 e. The van der Waals surface area contributed by atoms with Gasteiger partial charge in [-0.25, -0.2) is 12.8 Å². The number of carbonyl (C=O) groups excluding carboxylic acids is 1. The largest absolute Gasteiger partial charge is 0.384 e. The van der Waals surface area contributed by atoms with Crippen LogP contribution in [0.25, 0.3) is 0 Å². The number of aliphatic hydroxyl groups is 1. The molecule has 112 valence electrons. The molecule has 21 heavy (non-hydrogen) atoms. The number of benzene rings is 1. The molecule has 1 aromatic rings. The molecule has 0 saturated carbocycles. The van der Waals surface area contributed by atoms with Gasteiger partial charge in [0.25, 0.3) is 0 Å². The van der Waals surface area contributed by atoms with E-state index in [1.54, 1.807) is 0 Å². The van der Waals surface area contributed by atoms with Crippen LogP contribution in [0.1, 0.15) is 12.0 Å². The summed E-state index contributed by atoms with van der Waals surface area (Å²) < 4.78 is 35.9. The fourth-order valence-corrected chi connectivity index (χ4v) is 3.84. The fourth-order valence-electron chi connectivity index (χ4n) is 2.10. The molecule has 7 heteroatoms. The Balaban J connectivity index is 2.18. The number of sulfone groups is 1. The second kappa shape index (κ2) is 6.24. The number of anilines is 1. The molecule has 0 bridgehead atoms. The molecular formula is C14H14FNO4S. The number of hydrogen-bond acceptors (Lipinski definition) is 4. The quantitative estimate of drug-likeness (QED) is 0.781. The highest BCUT2D eigenvalue weighted by atomic mass is 32.2. The number of aliphatic hydroxyl groups excluding tert-OH is 1. The molecule has 5 nitrogen and oxygen atoms in total. The molecule has 1 fully saturated rings. The maximum absolute atomic E-state index is 13.2. The Kier molecular flexibility index (Phi) is 4.60.